The second-order valence-corrected chi connectivity index (χ2v) is 5.29. The van der Waals surface area contributed by atoms with Gasteiger partial charge in [0.1, 0.15) is 0 Å². The molecular weight excluding hydrogens is 292 g/mol. The number of aliphatic hydroxyl groups excluding tert-OH is 1. The van der Waals surface area contributed by atoms with Crippen LogP contribution in [0.3, 0.4) is 0 Å². The third-order valence-corrected chi connectivity index (χ3v) is 3.40. The van der Waals surface area contributed by atoms with E-state index in [9.17, 15) is 14.7 Å². The molecule has 2 aromatic carbocycles. The average molecular weight is 312 g/mol. The molecule has 0 saturated heterocycles. The average Bonchev–Trinajstić information content (AvgIpc) is 2.57. The van der Waals surface area contributed by atoms with Crippen molar-refractivity contribution in [2.75, 3.05) is 11.9 Å². The highest BCUT2D eigenvalue weighted by molar-refractivity contribution is 6.39. The Kier molecular flexibility index (Phi) is 5.88. The zero-order valence-electron chi connectivity index (χ0n) is 13.0. The van der Waals surface area contributed by atoms with Crippen molar-refractivity contribution >= 4 is 17.5 Å². The first kappa shape index (κ1) is 16.7. The van der Waals surface area contributed by atoms with Crippen molar-refractivity contribution < 1.29 is 14.7 Å². The summed E-state index contributed by atoms with van der Waals surface area (Å²) in [5.74, 6) is -1.44. The van der Waals surface area contributed by atoms with E-state index in [1.54, 1.807) is 12.1 Å². The summed E-state index contributed by atoms with van der Waals surface area (Å²) < 4.78 is 0. The van der Waals surface area contributed by atoms with Crippen molar-refractivity contribution in [3.8, 4) is 0 Å². The van der Waals surface area contributed by atoms with E-state index < -0.39 is 17.9 Å². The van der Waals surface area contributed by atoms with Crippen LogP contribution < -0.4 is 10.6 Å². The lowest BCUT2D eigenvalue weighted by Crippen LogP contribution is -2.36. The van der Waals surface area contributed by atoms with Crippen LogP contribution in [-0.2, 0) is 9.59 Å². The summed E-state index contributed by atoms with van der Waals surface area (Å²) >= 11 is 0. The van der Waals surface area contributed by atoms with E-state index in [1.807, 2.05) is 49.4 Å². The van der Waals surface area contributed by atoms with Gasteiger partial charge in [-0.2, -0.15) is 0 Å². The number of benzene rings is 2. The van der Waals surface area contributed by atoms with E-state index in [0.717, 1.165) is 11.1 Å². The van der Waals surface area contributed by atoms with Gasteiger partial charge in [-0.3, -0.25) is 9.59 Å². The lowest BCUT2D eigenvalue weighted by Gasteiger charge is -2.11. The zero-order chi connectivity index (χ0) is 16.7. The normalized spacial score (nSPS) is 11.6. The predicted molar refractivity (Wildman–Crippen MR) is 88.8 cm³/mol. The highest BCUT2D eigenvalue weighted by atomic mass is 16.3. The van der Waals surface area contributed by atoms with Gasteiger partial charge in [-0.15, -0.1) is 0 Å². The molecule has 3 N–H and O–H groups in total. The summed E-state index contributed by atoms with van der Waals surface area (Å²) in [6, 6.07) is 16.4. The fourth-order valence-electron chi connectivity index (χ4n) is 2.07. The number of carbonyl (C=O) groups is 2. The molecule has 2 rings (SSSR count). The molecule has 0 bridgehead atoms. The first-order valence-corrected chi connectivity index (χ1v) is 7.45. The Morgan fingerprint density at radius 2 is 1.65 bits per heavy atom. The van der Waals surface area contributed by atoms with E-state index in [0.29, 0.717) is 12.1 Å². The Bertz CT molecular complexity index is 654. The van der Waals surface area contributed by atoms with Gasteiger partial charge in [-0.1, -0.05) is 48.0 Å². The van der Waals surface area contributed by atoms with Crippen LogP contribution in [0.4, 0.5) is 5.69 Å². The quantitative estimate of drug-likeness (QED) is 0.740. The fraction of sp³-hybridized carbons (Fsp3) is 0.222. The van der Waals surface area contributed by atoms with Crippen molar-refractivity contribution in [3.63, 3.8) is 0 Å². The summed E-state index contributed by atoms with van der Waals surface area (Å²) in [6.45, 7) is 2.16. The van der Waals surface area contributed by atoms with Crippen molar-refractivity contribution in [3.05, 3.63) is 65.7 Å². The number of carbonyl (C=O) groups excluding carboxylic acids is 2. The maximum atomic E-state index is 11.8. The van der Waals surface area contributed by atoms with Crippen molar-refractivity contribution in [1.82, 2.24) is 5.32 Å². The number of hydrogen-bond donors (Lipinski definition) is 3. The Morgan fingerprint density at radius 1 is 1.00 bits per heavy atom. The first-order valence-electron chi connectivity index (χ1n) is 7.45. The molecule has 0 aliphatic heterocycles. The van der Waals surface area contributed by atoms with Crippen LogP contribution in [0.1, 0.15) is 23.7 Å². The molecule has 0 aliphatic carbocycles. The van der Waals surface area contributed by atoms with Gasteiger partial charge in [0.05, 0.1) is 6.10 Å². The maximum Gasteiger partial charge on any atom is 0.313 e. The Morgan fingerprint density at radius 3 is 2.30 bits per heavy atom. The van der Waals surface area contributed by atoms with Crippen molar-refractivity contribution in [2.24, 2.45) is 0 Å². The summed E-state index contributed by atoms with van der Waals surface area (Å²) in [6.07, 6.45) is -0.329. The van der Waals surface area contributed by atoms with Crippen molar-refractivity contribution in [2.45, 2.75) is 19.4 Å². The number of amides is 2. The Labute approximate surface area is 135 Å². The topological polar surface area (TPSA) is 78.4 Å². The number of anilines is 1. The summed E-state index contributed by atoms with van der Waals surface area (Å²) in [5, 5.41) is 15.0. The van der Waals surface area contributed by atoms with Gasteiger partial charge in [0, 0.05) is 12.2 Å². The highest BCUT2D eigenvalue weighted by Crippen LogP contribution is 2.14. The van der Waals surface area contributed by atoms with Crippen LogP contribution in [0.25, 0.3) is 0 Å². The summed E-state index contributed by atoms with van der Waals surface area (Å²) in [7, 11) is 0. The molecule has 5 heteroatoms. The van der Waals surface area contributed by atoms with Gasteiger partial charge in [0.15, 0.2) is 0 Å². The summed E-state index contributed by atoms with van der Waals surface area (Å²) in [5.41, 5.74) is 2.42. The molecule has 2 aromatic rings. The molecule has 5 nitrogen and oxygen atoms in total. The number of aryl methyl sites for hydroxylation is 1. The number of hydrogen-bond acceptors (Lipinski definition) is 3. The van der Waals surface area contributed by atoms with E-state index >= 15 is 0 Å². The van der Waals surface area contributed by atoms with Crippen LogP contribution >= 0.6 is 0 Å². The van der Waals surface area contributed by atoms with E-state index in [2.05, 4.69) is 10.6 Å². The van der Waals surface area contributed by atoms with E-state index in [1.165, 1.54) is 0 Å². The molecule has 0 aromatic heterocycles. The third kappa shape index (κ3) is 5.23. The zero-order valence-corrected chi connectivity index (χ0v) is 13.0. The van der Waals surface area contributed by atoms with Gasteiger partial charge in [0.25, 0.3) is 0 Å². The molecule has 0 radical (unpaired) electrons. The monoisotopic (exact) mass is 312 g/mol. The number of rotatable bonds is 5. The minimum Gasteiger partial charge on any atom is -0.388 e. The Hall–Kier alpha value is -2.66. The summed E-state index contributed by atoms with van der Waals surface area (Å²) in [4.78, 5) is 23.5. The molecule has 0 spiro atoms. The van der Waals surface area contributed by atoms with Crippen LogP contribution in [0.15, 0.2) is 54.6 Å². The van der Waals surface area contributed by atoms with Gasteiger partial charge in [0.2, 0.25) is 0 Å². The second-order valence-electron chi connectivity index (χ2n) is 5.29. The second kappa shape index (κ2) is 8.10. The van der Waals surface area contributed by atoms with Crippen LogP contribution in [0.5, 0.6) is 0 Å². The number of aliphatic hydroxyl groups is 1. The molecule has 0 aliphatic rings. The maximum absolute atomic E-state index is 11.8. The minimum atomic E-state index is -0.719. The van der Waals surface area contributed by atoms with Crippen molar-refractivity contribution in [1.29, 1.82) is 0 Å². The van der Waals surface area contributed by atoms with Gasteiger partial charge in [-0.05, 0) is 31.0 Å². The fourth-order valence-corrected chi connectivity index (χ4v) is 2.07. The largest absolute Gasteiger partial charge is 0.388 e. The predicted octanol–water partition coefficient (Wildman–Crippen LogP) is 2.17. The Balaban J connectivity index is 1.76. The van der Waals surface area contributed by atoms with E-state index in [-0.39, 0.29) is 6.54 Å². The van der Waals surface area contributed by atoms with Gasteiger partial charge < -0.3 is 15.7 Å². The van der Waals surface area contributed by atoms with Gasteiger partial charge in [-0.25, -0.2) is 0 Å². The molecular formula is C18H20N2O3. The minimum absolute atomic E-state index is 0.218. The van der Waals surface area contributed by atoms with Gasteiger partial charge >= 0.3 is 11.8 Å². The first-order chi connectivity index (χ1) is 11.1. The third-order valence-electron chi connectivity index (χ3n) is 3.40. The van der Waals surface area contributed by atoms with Crippen LogP contribution in [0, 0.1) is 6.92 Å². The molecule has 1 unspecified atom stereocenters. The lowest BCUT2D eigenvalue weighted by molar-refractivity contribution is -0.136. The molecule has 0 saturated carbocycles. The molecule has 0 heterocycles. The SMILES string of the molecule is Cc1ccc(NC(=O)C(=O)NCCC(O)c2ccccc2)cc1. The smallest absolute Gasteiger partial charge is 0.313 e. The van der Waals surface area contributed by atoms with Crippen LogP contribution in [0.2, 0.25) is 0 Å². The molecule has 23 heavy (non-hydrogen) atoms. The highest BCUT2D eigenvalue weighted by Gasteiger charge is 2.14. The molecule has 1 atom stereocenters. The molecule has 2 amide bonds. The standard InChI is InChI=1S/C18H20N2O3/c1-13-7-9-15(10-8-13)20-18(23)17(22)19-12-11-16(21)14-5-3-2-4-6-14/h2-10,16,21H,11-12H2,1H3,(H,19,22)(H,20,23). The lowest BCUT2D eigenvalue weighted by atomic mass is 10.1. The van der Waals surface area contributed by atoms with Crippen LogP contribution in [-0.4, -0.2) is 23.5 Å². The van der Waals surface area contributed by atoms with E-state index in [4.69, 9.17) is 0 Å². The number of nitrogens with one attached hydrogen (secondary N) is 2. The molecule has 0 fully saturated rings. The molecule has 120 valence electrons.